The van der Waals surface area contributed by atoms with Gasteiger partial charge in [-0.3, -0.25) is 4.79 Å². The van der Waals surface area contributed by atoms with Crippen LogP contribution in [0.15, 0.2) is 0 Å². The summed E-state index contributed by atoms with van der Waals surface area (Å²) in [6, 6.07) is 0. The molecule has 4 nitrogen and oxygen atoms in total. The zero-order valence-corrected chi connectivity index (χ0v) is 11.3. The largest absolute Gasteiger partial charge is 0.396 e. The Bertz CT molecular complexity index is 240. The normalized spacial score (nSPS) is 18.5. The van der Waals surface area contributed by atoms with E-state index in [1.807, 2.05) is 4.90 Å². The molecule has 1 saturated heterocycles. The zero-order valence-electron chi connectivity index (χ0n) is 11.3. The van der Waals surface area contributed by atoms with Gasteiger partial charge in [0.05, 0.1) is 0 Å². The van der Waals surface area contributed by atoms with E-state index in [-0.39, 0.29) is 18.1 Å². The molecule has 1 rings (SSSR count). The van der Waals surface area contributed by atoms with Gasteiger partial charge in [0.15, 0.2) is 0 Å². The van der Waals surface area contributed by atoms with Crippen LogP contribution in [0.5, 0.6) is 0 Å². The molecule has 1 aliphatic rings. The Morgan fingerprint density at radius 2 is 1.94 bits per heavy atom. The monoisotopic (exact) mass is 242 g/mol. The molecule has 0 radical (unpaired) electrons. The summed E-state index contributed by atoms with van der Waals surface area (Å²) in [5.74, 6) is 0.630. The van der Waals surface area contributed by atoms with Crippen LogP contribution in [0.3, 0.4) is 0 Å². The minimum atomic E-state index is 0.0736. The molecule has 1 heterocycles. The number of piperidine rings is 1. The van der Waals surface area contributed by atoms with E-state index in [2.05, 4.69) is 26.1 Å². The van der Waals surface area contributed by atoms with Gasteiger partial charge in [0.1, 0.15) is 0 Å². The number of likely N-dealkylation sites (tertiary alicyclic amines) is 1. The molecule has 4 heteroatoms. The fourth-order valence-corrected chi connectivity index (χ4v) is 2.07. The molecule has 1 amide bonds. The maximum Gasteiger partial charge on any atom is 0.223 e. The van der Waals surface area contributed by atoms with Gasteiger partial charge in [-0.25, -0.2) is 0 Å². The first kappa shape index (κ1) is 14.5. The number of carbonyl (C=O) groups excluding carboxylic acids is 1. The lowest BCUT2D eigenvalue weighted by atomic mass is 9.98. The van der Waals surface area contributed by atoms with Gasteiger partial charge in [-0.05, 0) is 39.5 Å². The van der Waals surface area contributed by atoms with Gasteiger partial charge in [0, 0.05) is 38.2 Å². The predicted molar refractivity (Wildman–Crippen MR) is 68.8 cm³/mol. The van der Waals surface area contributed by atoms with Crippen molar-refractivity contribution in [3.63, 3.8) is 0 Å². The molecule has 0 bridgehead atoms. The van der Waals surface area contributed by atoms with E-state index in [4.69, 9.17) is 5.11 Å². The summed E-state index contributed by atoms with van der Waals surface area (Å²) in [4.78, 5) is 13.8. The van der Waals surface area contributed by atoms with E-state index in [0.717, 1.165) is 32.5 Å². The highest BCUT2D eigenvalue weighted by Gasteiger charge is 2.22. The summed E-state index contributed by atoms with van der Waals surface area (Å²) in [5, 5.41) is 12.4. The van der Waals surface area contributed by atoms with Gasteiger partial charge in [-0.15, -0.1) is 0 Å². The van der Waals surface area contributed by atoms with E-state index in [0.29, 0.717) is 12.3 Å². The molecular weight excluding hydrogens is 216 g/mol. The van der Waals surface area contributed by atoms with Crippen LogP contribution in [0.25, 0.3) is 0 Å². The summed E-state index contributed by atoms with van der Waals surface area (Å²) in [6.45, 7) is 8.91. The van der Waals surface area contributed by atoms with Gasteiger partial charge >= 0.3 is 0 Å². The molecule has 0 saturated carbocycles. The third-order valence-corrected chi connectivity index (χ3v) is 3.22. The molecule has 0 aromatic carbocycles. The third kappa shape index (κ3) is 5.50. The Hall–Kier alpha value is -0.610. The highest BCUT2D eigenvalue weighted by Crippen LogP contribution is 2.16. The molecule has 100 valence electrons. The second-order valence-electron chi connectivity index (χ2n) is 5.93. The predicted octanol–water partition coefficient (Wildman–Crippen LogP) is 0.995. The van der Waals surface area contributed by atoms with Crippen molar-refractivity contribution in [2.24, 2.45) is 5.92 Å². The van der Waals surface area contributed by atoms with E-state index in [1.165, 1.54) is 0 Å². The second kappa shape index (κ2) is 6.36. The second-order valence-corrected chi connectivity index (χ2v) is 5.93. The molecule has 17 heavy (non-hydrogen) atoms. The molecule has 0 aromatic rings. The average Bonchev–Trinajstić information content (AvgIpc) is 2.27. The lowest BCUT2D eigenvalue weighted by Crippen LogP contribution is -2.42. The molecule has 0 aliphatic carbocycles. The van der Waals surface area contributed by atoms with Crippen molar-refractivity contribution in [1.29, 1.82) is 0 Å². The number of aliphatic hydroxyl groups is 1. The Morgan fingerprint density at radius 3 is 2.41 bits per heavy atom. The Labute approximate surface area is 104 Å². The van der Waals surface area contributed by atoms with Gasteiger partial charge in [0.25, 0.3) is 0 Å². The first-order valence-electron chi connectivity index (χ1n) is 6.56. The average molecular weight is 242 g/mol. The highest BCUT2D eigenvalue weighted by molar-refractivity contribution is 5.76. The van der Waals surface area contributed by atoms with Gasteiger partial charge in [-0.1, -0.05) is 0 Å². The standard InChI is InChI=1S/C13H26N2O2/c1-13(2,3)14-7-4-12(17)15-8-5-11(10-16)6-9-15/h11,14,16H,4-10H2,1-3H3. The van der Waals surface area contributed by atoms with Crippen molar-refractivity contribution in [3.05, 3.63) is 0 Å². The SMILES string of the molecule is CC(C)(C)NCCC(=O)N1CCC(CO)CC1. The molecule has 0 atom stereocenters. The lowest BCUT2D eigenvalue weighted by Gasteiger charge is -2.31. The van der Waals surface area contributed by atoms with E-state index in [9.17, 15) is 4.79 Å². The molecule has 1 aliphatic heterocycles. The quantitative estimate of drug-likeness (QED) is 0.773. The van der Waals surface area contributed by atoms with Gasteiger partial charge < -0.3 is 15.3 Å². The number of nitrogens with one attached hydrogen (secondary N) is 1. The highest BCUT2D eigenvalue weighted by atomic mass is 16.3. The first-order chi connectivity index (χ1) is 7.92. The van der Waals surface area contributed by atoms with E-state index < -0.39 is 0 Å². The lowest BCUT2D eigenvalue weighted by molar-refractivity contribution is -0.132. The Balaban J connectivity index is 2.21. The van der Waals surface area contributed by atoms with Crippen molar-refractivity contribution in [1.82, 2.24) is 10.2 Å². The Kier molecular flexibility index (Phi) is 5.40. The fourth-order valence-electron chi connectivity index (χ4n) is 2.07. The van der Waals surface area contributed by atoms with Crippen LogP contribution in [0.2, 0.25) is 0 Å². The van der Waals surface area contributed by atoms with Crippen LogP contribution in [-0.4, -0.2) is 47.7 Å². The van der Waals surface area contributed by atoms with E-state index >= 15 is 0 Å². The van der Waals surface area contributed by atoms with Crippen LogP contribution in [-0.2, 0) is 4.79 Å². The number of hydrogen-bond acceptors (Lipinski definition) is 3. The number of carbonyl (C=O) groups is 1. The van der Waals surface area contributed by atoms with Crippen LogP contribution in [0.1, 0.15) is 40.0 Å². The van der Waals surface area contributed by atoms with Crippen molar-refractivity contribution >= 4 is 5.91 Å². The number of amides is 1. The maximum absolute atomic E-state index is 11.9. The molecule has 0 spiro atoms. The Morgan fingerprint density at radius 1 is 1.35 bits per heavy atom. The van der Waals surface area contributed by atoms with Crippen LogP contribution >= 0.6 is 0 Å². The number of aliphatic hydroxyl groups excluding tert-OH is 1. The molecule has 2 N–H and O–H groups in total. The summed E-state index contributed by atoms with van der Waals surface area (Å²) < 4.78 is 0. The van der Waals surface area contributed by atoms with Gasteiger partial charge in [-0.2, -0.15) is 0 Å². The van der Waals surface area contributed by atoms with E-state index in [1.54, 1.807) is 0 Å². The number of hydrogen-bond donors (Lipinski definition) is 2. The molecule has 0 aromatic heterocycles. The summed E-state index contributed by atoms with van der Waals surface area (Å²) in [5.41, 5.74) is 0.0736. The number of nitrogens with zero attached hydrogens (tertiary/aromatic N) is 1. The van der Waals surface area contributed by atoms with Crippen LogP contribution in [0.4, 0.5) is 0 Å². The van der Waals surface area contributed by atoms with Crippen molar-refractivity contribution < 1.29 is 9.90 Å². The van der Waals surface area contributed by atoms with Crippen LogP contribution in [0, 0.1) is 5.92 Å². The maximum atomic E-state index is 11.9. The molecule has 1 fully saturated rings. The third-order valence-electron chi connectivity index (χ3n) is 3.22. The van der Waals surface area contributed by atoms with Crippen molar-refractivity contribution in [2.75, 3.05) is 26.2 Å². The summed E-state index contributed by atoms with van der Waals surface area (Å²) >= 11 is 0. The molecule has 0 unspecified atom stereocenters. The zero-order chi connectivity index (χ0) is 12.9. The van der Waals surface area contributed by atoms with Gasteiger partial charge in [0.2, 0.25) is 5.91 Å². The summed E-state index contributed by atoms with van der Waals surface area (Å²) in [7, 11) is 0. The molecular formula is C13H26N2O2. The van der Waals surface area contributed by atoms with Crippen molar-refractivity contribution in [2.45, 2.75) is 45.6 Å². The fraction of sp³-hybridized carbons (Fsp3) is 0.923. The minimum absolute atomic E-state index is 0.0736. The smallest absolute Gasteiger partial charge is 0.223 e. The van der Waals surface area contributed by atoms with Crippen LogP contribution < -0.4 is 5.32 Å². The van der Waals surface area contributed by atoms with Crippen molar-refractivity contribution in [3.8, 4) is 0 Å². The number of rotatable bonds is 4. The minimum Gasteiger partial charge on any atom is -0.396 e. The first-order valence-corrected chi connectivity index (χ1v) is 6.56. The topological polar surface area (TPSA) is 52.6 Å². The summed E-state index contributed by atoms with van der Waals surface area (Å²) in [6.07, 6.45) is 2.45.